The Morgan fingerprint density at radius 1 is 1.26 bits per heavy atom. The van der Waals surface area contributed by atoms with Gasteiger partial charge in [0.05, 0.1) is 19.6 Å². The minimum atomic E-state index is -0.516. The molecule has 3 heteroatoms. The zero-order chi connectivity index (χ0) is 14.6. The zero-order valence-corrected chi connectivity index (χ0v) is 12.7. The van der Waals surface area contributed by atoms with Gasteiger partial charge in [-0.25, -0.2) is 0 Å². The van der Waals surface area contributed by atoms with Crippen LogP contribution in [-0.4, -0.2) is 20.2 Å². The molecule has 0 aliphatic rings. The maximum atomic E-state index is 11.7. The first-order valence-corrected chi connectivity index (χ1v) is 6.57. The molecule has 3 nitrogen and oxygen atoms in total. The fraction of sp³-hybridized carbons (Fsp3) is 0.562. The number of benzene rings is 1. The van der Waals surface area contributed by atoms with Crippen LogP contribution in [-0.2, 0) is 16.0 Å². The molecule has 0 saturated heterocycles. The molecule has 1 aromatic rings. The number of ether oxygens (including phenoxy) is 2. The van der Waals surface area contributed by atoms with Gasteiger partial charge in [0.15, 0.2) is 0 Å². The van der Waals surface area contributed by atoms with Crippen molar-refractivity contribution in [3.8, 4) is 5.75 Å². The highest BCUT2D eigenvalue weighted by Crippen LogP contribution is 2.30. The standard InChI is InChI=1S/C16H24O3/c1-11(2)13-9-12(7-8-14(13)18-5)10-16(3,4)15(17)19-6/h7-9,11H,10H2,1-6H3. The molecule has 0 N–H and O–H groups in total. The van der Waals surface area contributed by atoms with Crippen LogP contribution in [0.15, 0.2) is 18.2 Å². The third-order valence-electron chi connectivity index (χ3n) is 3.30. The summed E-state index contributed by atoms with van der Waals surface area (Å²) >= 11 is 0. The Kier molecular flexibility index (Phi) is 4.98. The number of hydrogen-bond acceptors (Lipinski definition) is 3. The third kappa shape index (κ3) is 3.72. The van der Waals surface area contributed by atoms with Crippen molar-refractivity contribution in [2.24, 2.45) is 5.41 Å². The second-order valence-corrected chi connectivity index (χ2v) is 5.78. The average Bonchev–Trinajstić information content (AvgIpc) is 2.37. The SMILES string of the molecule is COC(=O)C(C)(C)Cc1ccc(OC)c(C(C)C)c1. The van der Waals surface area contributed by atoms with E-state index in [-0.39, 0.29) is 5.97 Å². The summed E-state index contributed by atoms with van der Waals surface area (Å²) in [6.45, 7) is 8.07. The van der Waals surface area contributed by atoms with Crippen LogP contribution in [0, 0.1) is 5.41 Å². The third-order valence-corrected chi connectivity index (χ3v) is 3.30. The Labute approximate surface area is 115 Å². The molecule has 0 aliphatic heterocycles. The van der Waals surface area contributed by atoms with Crippen LogP contribution in [0.4, 0.5) is 0 Å². The highest BCUT2D eigenvalue weighted by atomic mass is 16.5. The molecule has 0 bridgehead atoms. The van der Waals surface area contributed by atoms with Crippen molar-refractivity contribution >= 4 is 5.97 Å². The summed E-state index contributed by atoms with van der Waals surface area (Å²) in [5, 5.41) is 0. The molecule has 0 fully saturated rings. The van der Waals surface area contributed by atoms with Crippen molar-refractivity contribution in [3.63, 3.8) is 0 Å². The fourth-order valence-corrected chi connectivity index (χ4v) is 2.20. The first-order chi connectivity index (χ1) is 8.81. The predicted octanol–water partition coefficient (Wildman–Crippen LogP) is 3.56. The van der Waals surface area contributed by atoms with Crippen molar-refractivity contribution in [2.75, 3.05) is 14.2 Å². The quantitative estimate of drug-likeness (QED) is 0.763. The minimum absolute atomic E-state index is 0.186. The van der Waals surface area contributed by atoms with Gasteiger partial charge in [-0.2, -0.15) is 0 Å². The van der Waals surface area contributed by atoms with Gasteiger partial charge in [-0.1, -0.05) is 26.0 Å². The lowest BCUT2D eigenvalue weighted by molar-refractivity contribution is -0.150. The van der Waals surface area contributed by atoms with Gasteiger partial charge in [0.2, 0.25) is 0 Å². The van der Waals surface area contributed by atoms with Crippen LogP contribution in [0.1, 0.15) is 44.7 Å². The summed E-state index contributed by atoms with van der Waals surface area (Å²) < 4.78 is 10.2. The smallest absolute Gasteiger partial charge is 0.311 e. The maximum absolute atomic E-state index is 11.7. The average molecular weight is 264 g/mol. The van der Waals surface area contributed by atoms with Gasteiger partial charge in [0.1, 0.15) is 5.75 Å². The summed E-state index contributed by atoms with van der Waals surface area (Å²) in [5.74, 6) is 1.10. The molecular weight excluding hydrogens is 240 g/mol. The van der Waals surface area contributed by atoms with E-state index < -0.39 is 5.41 Å². The van der Waals surface area contributed by atoms with Gasteiger partial charge in [0.25, 0.3) is 0 Å². The highest BCUT2D eigenvalue weighted by Gasteiger charge is 2.29. The lowest BCUT2D eigenvalue weighted by atomic mass is 9.84. The number of esters is 1. The van der Waals surface area contributed by atoms with Gasteiger partial charge < -0.3 is 9.47 Å². The summed E-state index contributed by atoms with van der Waals surface area (Å²) in [7, 11) is 3.11. The van der Waals surface area contributed by atoms with E-state index in [1.165, 1.54) is 12.7 Å². The molecule has 0 aliphatic carbocycles. The second-order valence-electron chi connectivity index (χ2n) is 5.78. The predicted molar refractivity (Wildman–Crippen MR) is 76.6 cm³/mol. The molecule has 0 heterocycles. The molecule has 0 unspecified atom stereocenters. The van der Waals surface area contributed by atoms with Crippen molar-refractivity contribution < 1.29 is 14.3 Å². The number of carbonyl (C=O) groups is 1. The molecule has 0 spiro atoms. The van der Waals surface area contributed by atoms with E-state index in [2.05, 4.69) is 19.9 Å². The van der Waals surface area contributed by atoms with Crippen molar-refractivity contribution in [1.29, 1.82) is 0 Å². The Balaban J connectivity index is 3.03. The van der Waals surface area contributed by atoms with E-state index in [1.807, 2.05) is 26.0 Å². The Bertz CT molecular complexity index is 447. The monoisotopic (exact) mass is 264 g/mol. The van der Waals surface area contributed by atoms with E-state index in [0.29, 0.717) is 12.3 Å². The van der Waals surface area contributed by atoms with Crippen LogP contribution in [0.25, 0.3) is 0 Å². The molecule has 0 atom stereocenters. The summed E-state index contributed by atoms with van der Waals surface area (Å²) in [5.41, 5.74) is 1.78. The molecule has 0 saturated carbocycles. The summed E-state index contributed by atoms with van der Waals surface area (Å²) in [6.07, 6.45) is 0.656. The van der Waals surface area contributed by atoms with Crippen LogP contribution in [0.2, 0.25) is 0 Å². The van der Waals surface area contributed by atoms with Gasteiger partial charge in [0, 0.05) is 0 Å². The maximum Gasteiger partial charge on any atom is 0.311 e. The molecule has 106 valence electrons. The molecule has 0 radical (unpaired) electrons. The van der Waals surface area contributed by atoms with Crippen LogP contribution >= 0.6 is 0 Å². The van der Waals surface area contributed by atoms with Gasteiger partial charge in [-0.05, 0) is 43.4 Å². The zero-order valence-electron chi connectivity index (χ0n) is 12.7. The number of rotatable bonds is 5. The molecular formula is C16H24O3. The number of hydrogen-bond donors (Lipinski definition) is 0. The van der Waals surface area contributed by atoms with Crippen LogP contribution in [0.5, 0.6) is 5.75 Å². The van der Waals surface area contributed by atoms with Gasteiger partial charge in [-0.15, -0.1) is 0 Å². The molecule has 0 amide bonds. The van der Waals surface area contributed by atoms with Crippen molar-refractivity contribution in [2.45, 2.75) is 40.0 Å². The first kappa shape index (κ1) is 15.5. The van der Waals surface area contributed by atoms with Crippen LogP contribution < -0.4 is 4.74 Å². The van der Waals surface area contributed by atoms with E-state index in [9.17, 15) is 4.79 Å². The Morgan fingerprint density at radius 2 is 1.89 bits per heavy atom. The normalized spacial score (nSPS) is 11.5. The molecule has 19 heavy (non-hydrogen) atoms. The van der Waals surface area contributed by atoms with Crippen molar-refractivity contribution in [1.82, 2.24) is 0 Å². The number of carbonyl (C=O) groups excluding carboxylic acids is 1. The minimum Gasteiger partial charge on any atom is -0.496 e. The van der Waals surface area contributed by atoms with E-state index in [1.54, 1.807) is 7.11 Å². The largest absolute Gasteiger partial charge is 0.496 e. The Morgan fingerprint density at radius 3 is 2.37 bits per heavy atom. The fourth-order valence-electron chi connectivity index (χ4n) is 2.20. The second kappa shape index (κ2) is 6.09. The first-order valence-electron chi connectivity index (χ1n) is 6.57. The summed E-state index contributed by atoms with van der Waals surface area (Å²) in [4.78, 5) is 11.7. The topological polar surface area (TPSA) is 35.5 Å². The van der Waals surface area contributed by atoms with Gasteiger partial charge in [-0.3, -0.25) is 4.79 Å². The lowest BCUT2D eigenvalue weighted by Gasteiger charge is -2.22. The highest BCUT2D eigenvalue weighted by molar-refractivity contribution is 5.76. The molecule has 1 aromatic carbocycles. The lowest BCUT2D eigenvalue weighted by Crippen LogP contribution is -2.28. The number of methoxy groups -OCH3 is 2. The van der Waals surface area contributed by atoms with E-state index in [4.69, 9.17) is 9.47 Å². The van der Waals surface area contributed by atoms with E-state index in [0.717, 1.165) is 11.3 Å². The van der Waals surface area contributed by atoms with Crippen LogP contribution in [0.3, 0.4) is 0 Å². The van der Waals surface area contributed by atoms with Gasteiger partial charge >= 0.3 is 5.97 Å². The van der Waals surface area contributed by atoms with E-state index >= 15 is 0 Å². The summed E-state index contributed by atoms with van der Waals surface area (Å²) in [6, 6.07) is 6.10. The Hall–Kier alpha value is -1.51. The molecule has 0 aromatic heterocycles. The molecule has 1 rings (SSSR count). The van der Waals surface area contributed by atoms with Crippen molar-refractivity contribution in [3.05, 3.63) is 29.3 Å².